The van der Waals surface area contributed by atoms with Gasteiger partial charge in [-0.05, 0) is 31.9 Å². The molecular weight excluding hydrogens is 252 g/mol. The number of likely N-dealkylation sites (N-methyl/N-ethyl adjacent to an activating group) is 1. The number of fused-ring (bicyclic) bond motifs is 1. The zero-order valence-electron chi connectivity index (χ0n) is 12.4. The van der Waals surface area contributed by atoms with Crippen LogP contribution in [-0.2, 0) is 16.0 Å². The molecule has 4 heteroatoms. The first-order valence-electron chi connectivity index (χ1n) is 7.44. The fourth-order valence-electron chi connectivity index (χ4n) is 2.62. The number of carbonyl (C=O) groups excluding carboxylic acids is 1. The highest BCUT2D eigenvalue weighted by Gasteiger charge is 2.27. The molecule has 0 radical (unpaired) electrons. The third-order valence-corrected chi connectivity index (χ3v) is 3.77. The number of rotatable bonds is 6. The van der Waals surface area contributed by atoms with E-state index in [1.165, 1.54) is 5.56 Å². The van der Waals surface area contributed by atoms with Crippen molar-refractivity contribution in [2.45, 2.75) is 20.3 Å². The molecule has 0 saturated carbocycles. The lowest BCUT2D eigenvalue weighted by Gasteiger charge is -2.30. The first-order valence-corrected chi connectivity index (χ1v) is 7.44. The van der Waals surface area contributed by atoms with Gasteiger partial charge in [0.25, 0.3) is 0 Å². The van der Waals surface area contributed by atoms with Gasteiger partial charge in [0.05, 0.1) is 12.5 Å². The van der Waals surface area contributed by atoms with Crippen molar-refractivity contribution >= 4 is 11.6 Å². The number of anilines is 1. The summed E-state index contributed by atoms with van der Waals surface area (Å²) in [7, 11) is 0. The average molecular weight is 276 g/mol. The lowest BCUT2D eigenvalue weighted by Crippen LogP contribution is -2.42. The Kier molecular flexibility index (Phi) is 5.41. The van der Waals surface area contributed by atoms with Crippen LogP contribution < -0.4 is 5.32 Å². The largest absolute Gasteiger partial charge is 0.384 e. The predicted octanol–water partition coefficient (Wildman–Crippen LogP) is 2.16. The molecule has 20 heavy (non-hydrogen) atoms. The Hall–Kier alpha value is -1.55. The normalized spacial score (nSPS) is 17.2. The van der Waals surface area contributed by atoms with Gasteiger partial charge in [-0.1, -0.05) is 18.2 Å². The monoisotopic (exact) mass is 276 g/mol. The van der Waals surface area contributed by atoms with Crippen molar-refractivity contribution in [1.29, 1.82) is 0 Å². The van der Waals surface area contributed by atoms with Crippen molar-refractivity contribution in [3.8, 4) is 0 Å². The van der Waals surface area contributed by atoms with E-state index in [0.717, 1.165) is 25.2 Å². The summed E-state index contributed by atoms with van der Waals surface area (Å²) in [5.41, 5.74) is 2.40. The lowest BCUT2D eigenvalue weighted by molar-refractivity contribution is -0.135. The highest BCUT2D eigenvalue weighted by molar-refractivity contribution is 5.81. The second-order valence-corrected chi connectivity index (χ2v) is 5.05. The van der Waals surface area contributed by atoms with Crippen molar-refractivity contribution in [2.75, 3.05) is 38.2 Å². The zero-order chi connectivity index (χ0) is 14.4. The van der Waals surface area contributed by atoms with Gasteiger partial charge in [-0.25, -0.2) is 0 Å². The summed E-state index contributed by atoms with van der Waals surface area (Å²) in [5, 5.41) is 3.36. The molecule has 1 aliphatic rings. The Morgan fingerprint density at radius 2 is 2.20 bits per heavy atom. The Morgan fingerprint density at radius 1 is 1.40 bits per heavy atom. The van der Waals surface area contributed by atoms with Gasteiger partial charge < -0.3 is 15.0 Å². The molecule has 1 unspecified atom stereocenters. The minimum absolute atomic E-state index is 0.0338. The van der Waals surface area contributed by atoms with Gasteiger partial charge in [0.1, 0.15) is 0 Å². The van der Waals surface area contributed by atoms with Crippen LogP contribution in [-0.4, -0.2) is 43.7 Å². The number of nitrogens with one attached hydrogen (secondary N) is 1. The summed E-state index contributed by atoms with van der Waals surface area (Å²) in [6, 6.07) is 8.22. The fraction of sp³-hybridized carbons (Fsp3) is 0.562. The maximum absolute atomic E-state index is 12.6. The summed E-state index contributed by atoms with van der Waals surface area (Å²) >= 11 is 0. The molecular formula is C16H24N2O2. The quantitative estimate of drug-likeness (QED) is 0.810. The van der Waals surface area contributed by atoms with Crippen LogP contribution in [0.3, 0.4) is 0 Å². The molecule has 0 aliphatic carbocycles. The van der Waals surface area contributed by atoms with E-state index in [-0.39, 0.29) is 11.8 Å². The Labute approximate surface area is 121 Å². The number of nitrogens with zero attached hydrogens (tertiary/aromatic N) is 1. The molecule has 1 heterocycles. The van der Waals surface area contributed by atoms with E-state index in [2.05, 4.69) is 17.4 Å². The van der Waals surface area contributed by atoms with Crippen molar-refractivity contribution in [2.24, 2.45) is 5.92 Å². The molecule has 4 nitrogen and oxygen atoms in total. The van der Waals surface area contributed by atoms with Crippen molar-refractivity contribution in [3.63, 3.8) is 0 Å². The molecule has 1 amide bonds. The summed E-state index contributed by atoms with van der Waals surface area (Å²) < 4.78 is 5.35. The molecule has 0 fully saturated rings. The molecule has 1 atom stereocenters. The maximum atomic E-state index is 12.6. The molecule has 1 aromatic carbocycles. The molecule has 110 valence electrons. The van der Waals surface area contributed by atoms with Crippen LogP contribution in [0.15, 0.2) is 24.3 Å². The van der Waals surface area contributed by atoms with E-state index in [0.29, 0.717) is 19.8 Å². The van der Waals surface area contributed by atoms with E-state index in [1.54, 1.807) is 0 Å². The van der Waals surface area contributed by atoms with Gasteiger partial charge in [0.2, 0.25) is 5.91 Å². The standard InChI is InChI=1S/C16H24N2O2/c1-3-18(9-10-20-4-2)16(19)14-11-13-7-5-6-8-15(13)17-12-14/h5-8,14,17H,3-4,9-12H2,1-2H3. The van der Waals surface area contributed by atoms with Gasteiger partial charge in [0, 0.05) is 31.9 Å². The zero-order valence-corrected chi connectivity index (χ0v) is 12.4. The fourth-order valence-corrected chi connectivity index (χ4v) is 2.62. The summed E-state index contributed by atoms with van der Waals surface area (Å²) in [6.45, 7) is 7.46. The SMILES string of the molecule is CCOCCN(CC)C(=O)C1CNc2ccccc2C1. The van der Waals surface area contributed by atoms with Crippen LogP contribution in [0.5, 0.6) is 0 Å². The first kappa shape index (κ1) is 14.9. The number of ether oxygens (including phenoxy) is 1. The molecule has 0 spiro atoms. The topological polar surface area (TPSA) is 41.6 Å². The van der Waals surface area contributed by atoms with Crippen molar-refractivity contribution in [3.05, 3.63) is 29.8 Å². The van der Waals surface area contributed by atoms with Crippen molar-refractivity contribution < 1.29 is 9.53 Å². The first-order chi connectivity index (χ1) is 9.76. The summed E-state index contributed by atoms with van der Waals surface area (Å²) in [5.74, 6) is 0.265. The smallest absolute Gasteiger partial charge is 0.227 e. The van der Waals surface area contributed by atoms with Crippen LogP contribution in [0.1, 0.15) is 19.4 Å². The van der Waals surface area contributed by atoms with E-state index in [4.69, 9.17) is 4.74 Å². The number of hydrogen-bond acceptors (Lipinski definition) is 3. The Morgan fingerprint density at radius 3 is 2.95 bits per heavy atom. The molecule has 0 bridgehead atoms. The number of carbonyl (C=O) groups is 1. The van der Waals surface area contributed by atoms with Crippen LogP contribution in [0, 0.1) is 5.92 Å². The number of benzene rings is 1. The summed E-state index contributed by atoms with van der Waals surface area (Å²) in [4.78, 5) is 14.5. The lowest BCUT2D eigenvalue weighted by atomic mass is 9.93. The van der Waals surface area contributed by atoms with Gasteiger partial charge in [-0.15, -0.1) is 0 Å². The van der Waals surface area contributed by atoms with E-state index in [1.807, 2.05) is 30.9 Å². The van der Waals surface area contributed by atoms with Gasteiger partial charge in [0.15, 0.2) is 0 Å². The second kappa shape index (κ2) is 7.29. The van der Waals surface area contributed by atoms with Crippen LogP contribution in [0.4, 0.5) is 5.69 Å². The molecule has 0 aromatic heterocycles. The average Bonchev–Trinajstić information content (AvgIpc) is 2.50. The van der Waals surface area contributed by atoms with Gasteiger partial charge >= 0.3 is 0 Å². The number of hydrogen-bond donors (Lipinski definition) is 1. The highest BCUT2D eigenvalue weighted by Crippen LogP contribution is 2.25. The summed E-state index contributed by atoms with van der Waals surface area (Å²) in [6.07, 6.45) is 0.827. The van der Waals surface area contributed by atoms with E-state index < -0.39 is 0 Å². The molecule has 1 aliphatic heterocycles. The van der Waals surface area contributed by atoms with Crippen LogP contribution >= 0.6 is 0 Å². The maximum Gasteiger partial charge on any atom is 0.227 e. The Bertz CT molecular complexity index is 448. The molecule has 0 saturated heterocycles. The third kappa shape index (κ3) is 3.51. The number of para-hydroxylation sites is 1. The predicted molar refractivity (Wildman–Crippen MR) is 80.9 cm³/mol. The number of amides is 1. The van der Waals surface area contributed by atoms with E-state index in [9.17, 15) is 4.79 Å². The molecule has 1 N–H and O–H groups in total. The minimum Gasteiger partial charge on any atom is -0.384 e. The van der Waals surface area contributed by atoms with Crippen LogP contribution in [0.2, 0.25) is 0 Å². The third-order valence-electron chi connectivity index (χ3n) is 3.77. The van der Waals surface area contributed by atoms with Gasteiger partial charge in [-0.3, -0.25) is 4.79 Å². The second-order valence-electron chi connectivity index (χ2n) is 5.05. The van der Waals surface area contributed by atoms with E-state index >= 15 is 0 Å². The Balaban J connectivity index is 1.95. The van der Waals surface area contributed by atoms with Crippen molar-refractivity contribution in [1.82, 2.24) is 4.90 Å². The highest BCUT2D eigenvalue weighted by atomic mass is 16.5. The molecule has 1 aromatic rings. The van der Waals surface area contributed by atoms with Crippen LogP contribution in [0.25, 0.3) is 0 Å². The molecule has 2 rings (SSSR count). The minimum atomic E-state index is 0.0338. The van der Waals surface area contributed by atoms with Gasteiger partial charge in [-0.2, -0.15) is 0 Å².